The number of rotatable bonds is 4. The molecule has 0 unspecified atom stereocenters. The quantitative estimate of drug-likeness (QED) is 0.913. The van der Waals surface area contributed by atoms with Crippen molar-refractivity contribution in [2.75, 3.05) is 19.6 Å². The number of aryl methyl sites for hydroxylation is 1. The molecule has 0 saturated carbocycles. The third-order valence-electron chi connectivity index (χ3n) is 3.90. The van der Waals surface area contributed by atoms with Crippen molar-refractivity contribution in [3.8, 4) is 0 Å². The fourth-order valence-corrected chi connectivity index (χ4v) is 2.96. The highest BCUT2D eigenvalue weighted by atomic mass is 35.5. The fraction of sp³-hybridized carbons (Fsp3) is 0.562. The molecule has 1 amide bonds. The molecule has 0 bridgehead atoms. The van der Waals surface area contributed by atoms with E-state index in [1.54, 1.807) is 6.07 Å². The number of hydrogen-bond donors (Lipinski definition) is 1. The SMILES string of the molecule is CCCN(C(=O)c1cc(Cl)ccc1C)C1CCNCC1.Cl. The summed E-state index contributed by atoms with van der Waals surface area (Å²) in [7, 11) is 0. The summed E-state index contributed by atoms with van der Waals surface area (Å²) in [4.78, 5) is 14.9. The predicted molar refractivity (Wildman–Crippen MR) is 90.7 cm³/mol. The van der Waals surface area contributed by atoms with Crippen molar-refractivity contribution in [1.82, 2.24) is 10.2 Å². The van der Waals surface area contributed by atoms with E-state index in [2.05, 4.69) is 12.2 Å². The molecule has 0 spiro atoms. The van der Waals surface area contributed by atoms with Gasteiger partial charge in [0.2, 0.25) is 0 Å². The van der Waals surface area contributed by atoms with Gasteiger partial charge < -0.3 is 10.2 Å². The summed E-state index contributed by atoms with van der Waals surface area (Å²) in [6.45, 7) is 6.89. The molecule has 0 radical (unpaired) electrons. The lowest BCUT2D eigenvalue weighted by molar-refractivity contribution is 0.0642. The van der Waals surface area contributed by atoms with Gasteiger partial charge in [0.15, 0.2) is 0 Å². The van der Waals surface area contributed by atoms with E-state index in [0.29, 0.717) is 11.1 Å². The van der Waals surface area contributed by atoms with Crippen molar-refractivity contribution in [2.24, 2.45) is 0 Å². The van der Waals surface area contributed by atoms with Crippen molar-refractivity contribution in [3.63, 3.8) is 0 Å². The molecule has 1 aliphatic rings. The van der Waals surface area contributed by atoms with Crippen LogP contribution in [0, 0.1) is 6.92 Å². The summed E-state index contributed by atoms with van der Waals surface area (Å²) in [6.07, 6.45) is 3.05. The van der Waals surface area contributed by atoms with Gasteiger partial charge in [0.05, 0.1) is 0 Å². The monoisotopic (exact) mass is 330 g/mol. The summed E-state index contributed by atoms with van der Waals surface area (Å²) in [6, 6.07) is 5.90. The smallest absolute Gasteiger partial charge is 0.254 e. The Morgan fingerprint density at radius 1 is 1.38 bits per heavy atom. The Hall–Kier alpha value is -0.770. The largest absolute Gasteiger partial charge is 0.336 e. The molecule has 2 rings (SSSR count). The van der Waals surface area contributed by atoms with E-state index in [-0.39, 0.29) is 18.3 Å². The average Bonchev–Trinajstić information content (AvgIpc) is 2.47. The molecule has 1 heterocycles. The molecule has 1 fully saturated rings. The molecule has 0 aromatic heterocycles. The Morgan fingerprint density at radius 3 is 2.67 bits per heavy atom. The van der Waals surface area contributed by atoms with Gasteiger partial charge in [0.1, 0.15) is 0 Å². The standard InChI is InChI=1S/C16H23ClN2O.ClH/c1-3-10-19(14-6-8-18-9-7-14)16(20)15-11-13(17)5-4-12(15)2;/h4-5,11,14,18H,3,6-10H2,1-2H3;1H. The third kappa shape index (κ3) is 4.60. The molecular formula is C16H24Cl2N2O. The van der Waals surface area contributed by atoms with Crippen molar-refractivity contribution < 1.29 is 4.79 Å². The Bertz CT molecular complexity index is 473. The molecule has 1 aromatic carbocycles. The van der Waals surface area contributed by atoms with Gasteiger partial charge in [-0.25, -0.2) is 0 Å². The molecule has 1 aromatic rings. The van der Waals surface area contributed by atoms with Gasteiger partial charge in [0, 0.05) is 23.2 Å². The Balaban J connectivity index is 0.00000220. The molecule has 5 heteroatoms. The van der Waals surface area contributed by atoms with Gasteiger partial charge >= 0.3 is 0 Å². The Kier molecular flexibility index (Phi) is 7.50. The normalized spacial score (nSPS) is 15.4. The fourth-order valence-electron chi connectivity index (χ4n) is 2.79. The first kappa shape index (κ1) is 18.3. The lowest BCUT2D eigenvalue weighted by Crippen LogP contribution is -2.46. The second-order valence-electron chi connectivity index (χ2n) is 5.44. The van der Waals surface area contributed by atoms with E-state index < -0.39 is 0 Å². The lowest BCUT2D eigenvalue weighted by atomic mass is 10.0. The zero-order valence-electron chi connectivity index (χ0n) is 12.7. The number of benzene rings is 1. The van der Waals surface area contributed by atoms with Crippen LogP contribution in [0.5, 0.6) is 0 Å². The first-order valence-electron chi connectivity index (χ1n) is 7.41. The van der Waals surface area contributed by atoms with E-state index in [4.69, 9.17) is 11.6 Å². The van der Waals surface area contributed by atoms with E-state index in [9.17, 15) is 4.79 Å². The van der Waals surface area contributed by atoms with E-state index in [1.807, 2.05) is 24.0 Å². The van der Waals surface area contributed by atoms with Crippen LogP contribution in [-0.4, -0.2) is 36.5 Å². The number of hydrogen-bond acceptors (Lipinski definition) is 2. The molecule has 1 N–H and O–H groups in total. The summed E-state index contributed by atoms with van der Waals surface area (Å²) in [5.74, 6) is 0.124. The van der Waals surface area contributed by atoms with Crippen molar-refractivity contribution in [3.05, 3.63) is 34.3 Å². The van der Waals surface area contributed by atoms with Gasteiger partial charge in [0.25, 0.3) is 5.91 Å². The second-order valence-corrected chi connectivity index (χ2v) is 5.88. The van der Waals surface area contributed by atoms with Crippen LogP contribution in [0.1, 0.15) is 42.1 Å². The van der Waals surface area contributed by atoms with Gasteiger partial charge in [-0.2, -0.15) is 0 Å². The minimum Gasteiger partial charge on any atom is -0.336 e. The zero-order chi connectivity index (χ0) is 14.5. The van der Waals surface area contributed by atoms with Crippen molar-refractivity contribution >= 4 is 29.9 Å². The van der Waals surface area contributed by atoms with Crippen molar-refractivity contribution in [2.45, 2.75) is 39.2 Å². The number of carbonyl (C=O) groups excluding carboxylic acids is 1. The topological polar surface area (TPSA) is 32.3 Å². The third-order valence-corrected chi connectivity index (χ3v) is 4.14. The highest BCUT2D eigenvalue weighted by Crippen LogP contribution is 2.21. The number of nitrogens with zero attached hydrogens (tertiary/aromatic N) is 1. The summed E-state index contributed by atoms with van der Waals surface area (Å²) in [5.41, 5.74) is 1.74. The molecule has 1 aliphatic heterocycles. The average molecular weight is 331 g/mol. The van der Waals surface area contributed by atoms with Crippen LogP contribution >= 0.6 is 24.0 Å². The van der Waals surface area contributed by atoms with Crippen molar-refractivity contribution in [1.29, 1.82) is 0 Å². The number of amides is 1. The maximum atomic E-state index is 12.9. The molecular weight excluding hydrogens is 307 g/mol. The summed E-state index contributed by atoms with van der Waals surface area (Å²) >= 11 is 6.05. The first-order valence-corrected chi connectivity index (χ1v) is 7.79. The van der Waals surface area contributed by atoms with Crippen LogP contribution in [0.25, 0.3) is 0 Å². The molecule has 3 nitrogen and oxygen atoms in total. The number of halogens is 2. The van der Waals surface area contributed by atoms with Crippen LogP contribution < -0.4 is 5.32 Å². The van der Waals surface area contributed by atoms with Crippen LogP contribution in [0.2, 0.25) is 5.02 Å². The highest BCUT2D eigenvalue weighted by Gasteiger charge is 2.26. The summed E-state index contributed by atoms with van der Waals surface area (Å²) in [5, 5.41) is 3.98. The number of piperidine rings is 1. The van der Waals surface area contributed by atoms with Gasteiger partial charge in [-0.1, -0.05) is 24.6 Å². The summed E-state index contributed by atoms with van der Waals surface area (Å²) < 4.78 is 0. The molecule has 0 atom stereocenters. The second kappa shape index (κ2) is 8.62. The van der Waals surface area contributed by atoms with Crippen LogP contribution in [0.4, 0.5) is 0 Å². The maximum absolute atomic E-state index is 12.9. The van der Waals surface area contributed by atoms with Gasteiger partial charge in [-0.3, -0.25) is 4.79 Å². The molecule has 0 aliphatic carbocycles. The minimum absolute atomic E-state index is 0. The number of carbonyl (C=O) groups is 1. The van der Waals surface area contributed by atoms with E-state index in [0.717, 1.165) is 50.0 Å². The van der Waals surface area contributed by atoms with Crippen LogP contribution in [0.3, 0.4) is 0 Å². The minimum atomic E-state index is 0. The number of nitrogens with one attached hydrogen (secondary N) is 1. The van der Waals surface area contributed by atoms with Gasteiger partial charge in [-0.15, -0.1) is 12.4 Å². The Labute approximate surface area is 138 Å². The highest BCUT2D eigenvalue weighted by molar-refractivity contribution is 6.31. The Morgan fingerprint density at radius 2 is 2.05 bits per heavy atom. The maximum Gasteiger partial charge on any atom is 0.254 e. The first-order chi connectivity index (χ1) is 9.63. The van der Waals surface area contributed by atoms with Crippen LogP contribution in [0.15, 0.2) is 18.2 Å². The van der Waals surface area contributed by atoms with E-state index >= 15 is 0 Å². The predicted octanol–water partition coefficient (Wildman–Crippen LogP) is 3.67. The lowest BCUT2D eigenvalue weighted by Gasteiger charge is -2.35. The zero-order valence-corrected chi connectivity index (χ0v) is 14.3. The molecule has 1 saturated heterocycles. The van der Waals surface area contributed by atoms with E-state index in [1.165, 1.54) is 0 Å². The van der Waals surface area contributed by atoms with Crippen LogP contribution in [-0.2, 0) is 0 Å². The molecule has 21 heavy (non-hydrogen) atoms. The molecule has 118 valence electrons. The van der Waals surface area contributed by atoms with Gasteiger partial charge in [-0.05, 0) is 57.0 Å².